The third-order valence-corrected chi connectivity index (χ3v) is 2.56. The van der Waals surface area contributed by atoms with Gasteiger partial charge in [0.2, 0.25) is 0 Å². The van der Waals surface area contributed by atoms with Gasteiger partial charge in [-0.05, 0) is 5.56 Å². The molecule has 0 saturated heterocycles. The first kappa shape index (κ1) is 15.0. The van der Waals surface area contributed by atoms with Gasteiger partial charge >= 0.3 is 12.1 Å². The number of nitrogens with two attached hydrogens (primary N) is 1. The maximum Gasteiger partial charge on any atom is 0.404 e. The van der Waals surface area contributed by atoms with E-state index >= 15 is 0 Å². The first-order valence-electron chi connectivity index (χ1n) is 5.91. The van der Waals surface area contributed by atoms with Crippen molar-refractivity contribution in [3.63, 3.8) is 0 Å². The predicted molar refractivity (Wildman–Crippen MR) is 69.6 cm³/mol. The Morgan fingerprint density at radius 2 is 2.00 bits per heavy atom. The fraction of sp³-hybridized carbons (Fsp3) is 0.385. The Balaban J connectivity index is 2.48. The summed E-state index contributed by atoms with van der Waals surface area (Å²) in [5.74, 6) is -0.700. The Kier molecular flexibility index (Phi) is 6.38. The maximum absolute atomic E-state index is 11.7. The number of hydrogen-bond acceptors (Lipinski definition) is 5. The molecule has 0 aliphatic carbocycles. The first-order chi connectivity index (χ1) is 9.15. The van der Waals surface area contributed by atoms with Crippen LogP contribution in [0.25, 0.3) is 0 Å². The molecule has 1 unspecified atom stereocenters. The number of carbonyl (C=O) groups is 2. The van der Waals surface area contributed by atoms with Gasteiger partial charge in [0.25, 0.3) is 0 Å². The molecule has 0 fully saturated rings. The average Bonchev–Trinajstić information content (AvgIpc) is 2.42. The minimum atomic E-state index is -0.811. The van der Waals surface area contributed by atoms with E-state index in [9.17, 15) is 9.59 Å². The van der Waals surface area contributed by atoms with Crippen LogP contribution in [0.5, 0.6) is 0 Å². The van der Waals surface area contributed by atoms with Crippen LogP contribution in [0.4, 0.5) is 4.79 Å². The maximum atomic E-state index is 11.7. The molecule has 1 amide bonds. The molecule has 1 aromatic carbocycles. The van der Waals surface area contributed by atoms with Crippen LogP contribution in [0.2, 0.25) is 0 Å². The smallest absolute Gasteiger partial charge is 0.404 e. The zero-order valence-electron chi connectivity index (χ0n) is 10.8. The first-order valence-corrected chi connectivity index (χ1v) is 5.91. The van der Waals surface area contributed by atoms with E-state index in [1.54, 1.807) is 0 Å². The number of ether oxygens (including phenoxy) is 2. The van der Waals surface area contributed by atoms with Gasteiger partial charge in [-0.2, -0.15) is 0 Å². The quantitative estimate of drug-likeness (QED) is 0.558. The number of primary amides is 1. The van der Waals surface area contributed by atoms with Crippen LogP contribution in [0.15, 0.2) is 30.3 Å². The molecular formula is C13H18N2O4. The van der Waals surface area contributed by atoms with Crippen LogP contribution in [0.1, 0.15) is 11.5 Å². The molecule has 6 nitrogen and oxygen atoms in total. The van der Waals surface area contributed by atoms with E-state index in [2.05, 4.69) is 10.1 Å². The Morgan fingerprint density at radius 3 is 2.58 bits per heavy atom. The van der Waals surface area contributed by atoms with Crippen LogP contribution >= 0.6 is 0 Å². The highest BCUT2D eigenvalue weighted by molar-refractivity contribution is 5.78. The number of methoxy groups -OCH3 is 1. The number of rotatable bonds is 7. The molecule has 1 rings (SSSR count). The van der Waals surface area contributed by atoms with Gasteiger partial charge in [0.1, 0.15) is 6.61 Å². The monoisotopic (exact) mass is 266 g/mol. The standard InChI is InChI=1S/C13H18N2O4/c1-18-12(16)11(10-5-3-2-4-6-10)9-15-7-8-19-13(14)17/h2-6,11,15H,7-9H2,1H3,(H2,14,17). The van der Waals surface area contributed by atoms with Crippen molar-refractivity contribution in [1.82, 2.24) is 5.32 Å². The van der Waals surface area contributed by atoms with E-state index in [4.69, 9.17) is 10.5 Å². The third-order valence-electron chi connectivity index (χ3n) is 2.56. The number of carbonyl (C=O) groups excluding carboxylic acids is 2. The van der Waals surface area contributed by atoms with Crippen molar-refractivity contribution < 1.29 is 19.1 Å². The van der Waals surface area contributed by atoms with Crippen LogP contribution in [-0.2, 0) is 14.3 Å². The Morgan fingerprint density at radius 1 is 1.32 bits per heavy atom. The second-order valence-electron chi connectivity index (χ2n) is 3.86. The van der Waals surface area contributed by atoms with E-state index in [-0.39, 0.29) is 18.5 Å². The zero-order chi connectivity index (χ0) is 14.1. The topological polar surface area (TPSA) is 90.7 Å². The van der Waals surface area contributed by atoms with Crippen LogP contribution in [0.3, 0.4) is 0 Å². The highest BCUT2D eigenvalue weighted by Crippen LogP contribution is 2.15. The minimum absolute atomic E-state index is 0.165. The molecule has 0 aliphatic heterocycles. The number of nitrogens with one attached hydrogen (secondary N) is 1. The number of esters is 1. The lowest BCUT2D eigenvalue weighted by Crippen LogP contribution is -2.31. The van der Waals surface area contributed by atoms with Gasteiger partial charge in [0.05, 0.1) is 13.0 Å². The molecule has 0 spiro atoms. The molecule has 6 heteroatoms. The van der Waals surface area contributed by atoms with Crippen LogP contribution in [-0.4, -0.2) is 38.9 Å². The largest absolute Gasteiger partial charge is 0.469 e. The molecule has 0 aromatic heterocycles. The van der Waals surface area contributed by atoms with Crippen molar-refractivity contribution in [2.24, 2.45) is 5.73 Å². The van der Waals surface area contributed by atoms with Crippen molar-refractivity contribution in [2.75, 3.05) is 26.8 Å². The lowest BCUT2D eigenvalue weighted by molar-refractivity contribution is -0.142. The van der Waals surface area contributed by atoms with E-state index in [0.29, 0.717) is 13.1 Å². The highest BCUT2D eigenvalue weighted by Gasteiger charge is 2.20. The summed E-state index contributed by atoms with van der Waals surface area (Å²) in [6, 6.07) is 9.33. The molecule has 19 heavy (non-hydrogen) atoms. The summed E-state index contributed by atoms with van der Waals surface area (Å²) in [7, 11) is 1.36. The molecule has 0 bridgehead atoms. The summed E-state index contributed by atoms with van der Waals surface area (Å²) in [6.45, 7) is 0.986. The Hall–Kier alpha value is -2.08. The van der Waals surface area contributed by atoms with Crippen molar-refractivity contribution in [1.29, 1.82) is 0 Å². The lowest BCUT2D eigenvalue weighted by atomic mass is 9.99. The Bertz CT molecular complexity index is 408. The molecule has 0 heterocycles. The second kappa shape index (κ2) is 8.10. The average molecular weight is 266 g/mol. The van der Waals surface area contributed by atoms with Gasteiger partial charge in [-0.3, -0.25) is 4.79 Å². The number of amides is 1. The van der Waals surface area contributed by atoms with Gasteiger partial charge in [-0.1, -0.05) is 30.3 Å². The highest BCUT2D eigenvalue weighted by atomic mass is 16.5. The molecule has 0 aliphatic rings. The number of hydrogen-bond donors (Lipinski definition) is 2. The molecule has 3 N–H and O–H groups in total. The summed E-state index contributed by atoms with van der Waals surface area (Å²) in [5, 5.41) is 3.02. The van der Waals surface area contributed by atoms with E-state index in [0.717, 1.165) is 5.56 Å². The van der Waals surface area contributed by atoms with Crippen molar-refractivity contribution >= 4 is 12.1 Å². The molecule has 0 radical (unpaired) electrons. The molecular weight excluding hydrogens is 248 g/mol. The molecule has 104 valence electrons. The second-order valence-corrected chi connectivity index (χ2v) is 3.86. The fourth-order valence-electron chi connectivity index (χ4n) is 1.64. The lowest BCUT2D eigenvalue weighted by Gasteiger charge is -2.15. The molecule has 1 aromatic rings. The van der Waals surface area contributed by atoms with E-state index in [1.165, 1.54) is 7.11 Å². The SMILES string of the molecule is COC(=O)C(CNCCOC(N)=O)c1ccccc1. The van der Waals surface area contributed by atoms with E-state index < -0.39 is 6.09 Å². The van der Waals surface area contributed by atoms with Crippen LogP contribution in [0, 0.1) is 0 Å². The molecule has 1 atom stereocenters. The normalized spacial score (nSPS) is 11.6. The predicted octanol–water partition coefficient (Wildman–Crippen LogP) is 0.628. The van der Waals surface area contributed by atoms with Gasteiger partial charge in [0.15, 0.2) is 0 Å². The van der Waals surface area contributed by atoms with Crippen molar-refractivity contribution in [3.05, 3.63) is 35.9 Å². The fourth-order valence-corrected chi connectivity index (χ4v) is 1.64. The van der Waals surface area contributed by atoms with Gasteiger partial charge in [-0.15, -0.1) is 0 Å². The summed E-state index contributed by atoms with van der Waals surface area (Å²) < 4.78 is 9.35. The summed E-state index contributed by atoms with van der Waals surface area (Å²) >= 11 is 0. The molecule has 0 saturated carbocycles. The van der Waals surface area contributed by atoms with Gasteiger partial charge < -0.3 is 20.5 Å². The van der Waals surface area contributed by atoms with Gasteiger partial charge in [-0.25, -0.2) is 4.79 Å². The van der Waals surface area contributed by atoms with Crippen LogP contribution < -0.4 is 11.1 Å². The van der Waals surface area contributed by atoms with Crippen molar-refractivity contribution in [3.8, 4) is 0 Å². The minimum Gasteiger partial charge on any atom is -0.469 e. The summed E-state index contributed by atoms with van der Waals surface area (Å²) in [6.07, 6.45) is -0.811. The third kappa shape index (κ3) is 5.39. The zero-order valence-corrected chi connectivity index (χ0v) is 10.8. The Labute approximate surface area is 111 Å². The van der Waals surface area contributed by atoms with Gasteiger partial charge in [0, 0.05) is 13.1 Å². The summed E-state index contributed by atoms with van der Waals surface area (Å²) in [4.78, 5) is 22.1. The summed E-state index contributed by atoms with van der Waals surface area (Å²) in [5.41, 5.74) is 5.71. The van der Waals surface area contributed by atoms with E-state index in [1.807, 2.05) is 30.3 Å². The van der Waals surface area contributed by atoms with Crippen molar-refractivity contribution in [2.45, 2.75) is 5.92 Å². The number of benzene rings is 1.